The van der Waals surface area contributed by atoms with Crippen LogP contribution in [0.5, 0.6) is 11.5 Å². The van der Waals surface area contributed by atoms with Gasteiger partial charge in [-0.05, 0) is 37.0 Å². The van der Waals surface area contributed by atoms with Gasteiger partial charge in [0.05, 0.1) is 26.8 Å². The van der Waals surface area contributed by atoms with Crippen LogP contribution in [0.3, 0.4) is 0 Å². The van der Waals surface area contributed by atoms with Crippen molar-refractivity contribution in [1.82, 2.24) is 10.2 Å². The number of nitrogens with zero attached hydrogens (tertiary/aromatic N) is 2. The number of aliphatic imine (C=N–C) groups is 1. The highest BCUT2D eigenvalue weighted by Crippen LogP contribution is 2.23. The number of ether oxygens (including phenoxy) is 2. The van der Waals surface area contributed by atoms with Gasteiger partial charge in [-0.25, -0.2) is 0 Å². The summed E-state index contributed by atoms with van der Waals surface area (Å²) in [5.41, 5.74) is 1.20. The lowest BCUT2D eigenvalue weighted by Crippen LogP contribution is -2.40. The average Bonchev–Trinajstić information content (AvgIpc) is 3.11. The van der Waals surface area contributed by atoms with E-state index in [0.717, 1.165) is 43.5 Å². The summed E-state index contributed by atoms with van der Waals surface area (Å²) in [5, 5.41) is 3.47. The fraction of sp³-hybridized carbons (Fsp3) is 0.562. The van der Waals surface area contributed by atoms with Gasteiger partial charge >= 0.3 is 0 Å². The molecule has 1 aromatic carbocycles. The topological polar surface area (TPSA) is 46.1 Å². The first-order valence-corrected chi connectivity index (χ1v) is 7.57. The van der Waals surface area contributed by atoms with Crippen molar-refractivity contribution >= 4 is 5.96 Å². The Kier molecular flexibility index (Phi) is 4.18. The summed E-state index contributed by atoms with van der Waals surface area (Å²) in [6, 6.07) is 6.65. The quantitative estimate of drug-likeness (QED) is 0.895. The molecule has 1 N–H and O–H groups in total. The van der Waals surface area contributed by atoms with Crippen LogP contribution in [0, 0.1) is 0 Å². The smallest absolute Gasteiger partial charge is 0.194 e. The molecule has 21 heavy (non-hydrogen) atoms. The Balaban J connectivity index is 1.55. The Bertz CT molecular complexity index is 508. The van der Waals surface area contributed by atoms with Gasteiger partial charge in [0.25, 0.3) is 0 Å². The summed E-state index contributed by atoms with van der Waals surface area (Å²) in [4.78, 5) is 7.01. The molecule has 2 aliphatic heterocycles. The van der Waals surface area contributed by atoms with E-state index in [1.165, 1.54) is 18.4 Å². The maximum absolute atomic E-state index is 5.30. The van der Waals surface area contributed by atoms with Gasteiger partial charge in [-0.2, -0.15) is 0 Å². The van der Waals surface area contributed by atoms with Crippen LogP contribution in [0.2, 0.25) is 0 Å². The van der Waals surface area contributed by atoms with E-state index < -0.39 is 0 Å². The van der Waals surface area contributed by atoms with E-state index in [1.54, 1.807) is 14.2 Å². The SMILES string of the molecule is COc1cc(CCNC2=NC[C@H]3CCCN23)cc(OC)c1. The predicted molar refractivity (Wildman–Crippen MR) is 83.3 cm³/mol. The lowest BCUT2D eigenvalue weighted by Gasteiger charge is -2.20. The van der Waals surface area contributed by atoms with Crippen LogP contribution in [0.15, 0.2) is 23.2 Å². The lowest BCUT2D eigenvalue weighted by molar-refractivity contribution is 0.393. The fourth-order valence-electron chi connectivity index (χ4n) is 3.07. The van der Waals surface area contributed by atoms with E-state index in [9.17, 15) is 0 Å². The van der Waals surface area contributed by atoms with Crippen LogP contribution >= 0.6 is 0 Å². The highest BCUT2D eigenvalue weighted by atomic mass is 16.5. The number of benzene rings is 1. The number of hydrogen-bond acceptors (Lipinski definition) is 5. The van der Waals surface area contributed by atoms with E-state index >= 15 is 0 Å². The maximum atomic E-state index is 5.30. The molecule has 5 heteroatoms. The zero-order valence-corrected chi connectivity index (χ0v) is 12.8. The maximum Gasteiger partial charge on any atom is 0.194 e. The van der Waals surface area contributed by atoms with Crippen LogP contribution in [-0.4, -0.2) is 50.8 Å². The number of nitrogens with one attached hydrogen (secondary N) is 1. The van der Waals surface area contributed by atoms with E-state index in [2.05, 4.69) is 27.3 Å². The van der Waals surface area contributed by atoms with Crippen molar-refractivity contribution in [2.75, 3.05) is 33.9 Å². The molecule has 0 saturated carbocycles. The number of rotatable bonds is 5. The van der Waals surface area contributed by atoms with E-state index in [1.807, 2.05) is 6.07 Å². The molecule has 0 spiro atoms. The first-order valence-electron chi connectivity index (χ1n) is 7.57. The summed E-state index contributed by atoms with van der Waals surface area (Å²) in [6.07, 6.45) is 3.49. The van der Waals surface area contributed by atoms with E-state index in [4.69, 9.17) is 9.47 Å². The van der Waals surface area contributed by atoms with Crippen molar-refractivity contribution < 1.29 is 9.47 Å². The highest BCUT2D eigenvalue weighted by molar-refractivity contribution is 5.82. The molecule has 0 radical (unpaired) electrons. The van der Waals surface area contributed by atoms with Crippen LogP contribution in [0.4, 0.5) is 0 Å². The monoisotopic (exact) mass is 289 g/mol. The van der Waals surface area contributed by atoms with Crippen molar-refractivity contribution in [3.8, 4) is 11.5 Å². The third-order valence-corrected chi connectivity index (χ3v) is 4.21. The van der Waals surface area contributed by atoms with Gasteiger partial charge in [-0.15, -0.1) is 0 Å². The summed E-state index contributed by atoms with van der Waals surface area (Å²) >= 11 is 0. The first-order chi connectivity index (χ1) is 10.3. The summed E-state index contributed by atoms with van der Waals surface area (Å²) < 4.78 is 10.6. The second-order valence-electron chi connectivity index (χ2n) is 5.55. The molecule has 0 aromatic heterocycles. The van der Waals surface area contributed by atoms with Crippen molar-refractivity contribution in [1.29, 1.82) is 0 Å². The molecule has 2 aliphatic rings. The van der Waals surface area contributed by atoms with Gasteiger partial charge in [0.15, 0.2) is 5.96 Å². The second-order valence-corrected chi connectivity index (χ2v) is 5.55. The molecule has 3 rings (SSSR count). The van der Waals surface area contributed by atoms with Crippen LogP contribution in [0.25, 0.3) is 0 Å². The van der Waals surface area contributed by atoms with Crippen molar-refractivity contribution in [3.05, 3.63) is 23.8 Å². The van der Waals surface area contributed by atoms with Gasteiger partial charge < -0.3 is 19.7 Å². The first kappa shape index (κ1) is 14.0. The van der Waals surface area contributed by atoms with Crippen LogP contribution in [0.1, 0.15) is 18.4 Å². The number of fused-ring (bicyclic) bond motifs is 1. The minimum Gasteiger partial charge on any atom is -0.497 e. The summed E-state index contributed by atoms with van der Waals surface area (Å²) in [7, 11) is 3.36. The molecule has 2 heterocycles. The van der Waals surface area contributed by atoms with Gasteiger partial charge in [0.1, 0.15) is 11.5 Å². The summed E-state index contributed by atoms with van der Waals surface area (Å²) in [6.45, 7) is 2.97. The van der Waals surface area contributed by atoms with Gasteiger partial charge in [0.2, 0.25) is 0 Å². The zero-order valence-electron chi connectivity index (χ0n) is 12.8. The molecule has 1 fully saturated rings. The van der Waals surface area contributed by atoms with Crippen LogP contribution in [-0.2, 0) is 6.42 Å². The van der Waals surface area contributed by atoms with Gasteiger partial charge in [-0.3, -0.25) is 4.99 Å². The van der Waals surface area contributed by atoms with Crippen molar-refractivity contribution in [3.63, 3.8) is 0 Å². The van der Waals surface area contributed by atoms with E-state index in [0.29, 0.717) is 6.04 Å². The molecule has 1 aromatic rings. The molecular formula is C16H23N3O2. The van der Waals surface area contributed by atoms with Crippen molar-refractivity contribution in [2.45, 2.75) is 25.3 Å². The lowest BCUT2D eigenvalue weighted by atomic mass is 10.1. The van der Waals surface area contributed by atoms with Gasteiger partial charge in [-0.1, -0.05) is 0 Å². The standard InChI is InChI=1S/C16H23N3O2/c1-20-14-8-12(9-15(10-14)21-2)5-6-17-16-18-11-13-4-3-7-19(13)16/h8-10,13H,3-7,11H2,1-2H3,(H,17,18)/t13-/m1/s1. The third kappa shape index (κ3) is 3.06. The average molecular weight is 289 g/mol. The molecule has 5 nitrogen and oxygen atoms in total. The normalized spacial score (nSPS) is 20.2. The minimum absolute atomic E-state index is 0.643. The van der Waals surface area contributed by atoms with Crippen LogP contribution < -0.4 is 14.8 Å². The zero-order chi connectivity index (χ0) is 14.7. The minimum atomic E-state index is 0.643. The fourth-order valence-corrected chi connectivity index (χ4v) is 3.07. The van der Waals surface area contributed by atoms with E-state index in [-0.39, 0.29) is 0 Å². The van der Waals surface area contributed by atoms with Gasteiger partial charge in [0, 0.05) is 19.2 Å². The Morgan fingerprint density at radius 2 is 2.00 bits per heavy atom. The molecule has 0 aliphatic carbocycles. The third-order valence-electron chi connectivity index (χ3n) is 4.21. The predicted octanol–water partition coefficient (Wildman–Crippen LogP) is 1.67. The Morgan fingerprint density at radius 3 is 2.71 bits per heavy atom. The molecule has 0 amide bonds. The molecule has 114 valence electrons. The number of guanidine groups is 1. The number of hydrogen-bond donors (Lipinski definition) is 1. The largest absolute Gasteiger partial charge is 0.497 e. The summed E-state index contributed by atoms with van der Waals surface area (Å²) in [5.74, 6) is 2.75. The molecular weight excluding hydrogens is 266 g/mol. The molecule has 1 saturated heterocycles. The Labute approximate surface area is 126 Å². The molecule has 0 bridgehead atoms. The molecule has 1 atom stereocenters. The Hall–Kier alpha value is -1.91. The number of methoxy groups -OCH3 is 2. The molecule has 0 unspecified atom stereocenters. The van der Waals surface area contributed by atoms with Crippen molar-refractivity contribution in [2.24, 2.45) is 4.99 Å². The Morgan fingerprint density at radius 1 is 1.24 bits per heavy atom. The highest BCUT2D eigenvalue weighted by Gasteiger charge is 2.31. The second kappa shape index (κ2) is 6.24.